The minimum Gasteiger partial charge on any atom is -0.478 e. The van der Waals surface area contributed by atoms with E-state index < -0.39 is 0 Å². The normalized spacial score (nSPS) is 22.7. The van der Waals surface area contributed by atoms with Crippen LogP contribution in [0.5, 0.6) is 5.75 Å². The first-order valence-electron chi connectivity index (χ1n) is 6.64. The van der Waals surface area contributed by atoms with Crippen molar-refractivity contribution in [3.8, 4) is 11.8 Å². The van der Waals surface area contributed by atoms with E-state index in [-0.39, 0.29) is 12.1 Å². The molecule has 1 aromatic rings. The number of rotatable bonds is 5. The number of hydrogen-bond acceptors (Lipinski definition) is 4. The van der Waals surface area contributed by atoms with Crippen molar-refractivity contribution in [2.45, 2.75) is 31.8 Å². The summed E-state index contributed by atoms with van der Waals surface area (Å²) in [6.45, 7) is 4.59. The zero-order chi connectivity index (χ0) is 13.6. The van der Waals surface area contributed by atoms with Crippen LogP contribution in [-0.2, 0) is 11.3 Å². The maximum absolute atomic E-state index is 8.59. The Kier molecular flexibility index (Phi) is 4.78. The van der Waals surface area contributed by atoms with E-state index in [9.17, 15) is 0 Å². The molecule has 19 heavy (non-hydrogen) atoms. The lowest BCUT2D eigenvalue weighted by atomic mass is 9.94. The van der Waals surface area contributed by atoms with Crippen molar-refractivity contribution in [1.82, 2.24) is 5.32 Å². The van der Waals surface area contributed by atoms with Gasteiger partial charge in [0.25, 0.3) is 0 Å². The van der Waals surface area contributed by atoms with Crippen LogP contribution in [-0.4, -0.2) is 25.4 Å². The molecule has 0 aliphatic carbocycles. The summed E-state index contributed by atoms with van der Waals surface area (Å²) in [4.78, 5) is 0. The van der Waals surface area contributed by atoms with Crippen LogP contribution in [0.3, 0.4) is 0 Å². The number of hydrogen-bond donors (Lipinski definition) is 1. The van der Waals surface area contributed by atoms with Crippen molar-refractivity contribution in [2.75, 3.05) is 19.8 Å². The van der Waals surface area contributed by atoms with Crippen LogP contribution in [0.25, 0.3) is 0 Å². The largest absolute Gasteiger partial charge is 0.478 e. The number of para-hydroxylation sites is 1. The maximum atomic E-state index is 8.59. The fourth-order valence-corrected chi connectivity index (χ4v) is 2.28. The molecule has 0 amide bonds. The molecule has 1 unspecified atom stereocenters. The van der Waals surface area contributed by atoms with E-state index >= 15 is 0 Å². The van der Waals surface area contributed by atoms with Crippen LogP contribution in [0.2, 0.25) is 0 Å². The molecule has 0 saturated carbocycles. The number of nitrogens with zero attached hydrogens (tertiary/aromatic N) is 1. The van der Waals surface area contributed by atoms with E-state index in [1.54, 1.807) is 0 Å². The quantitative estimate of drug-likeness (QED) is 0.882. The first-order valence-corrected chi connectivity index (χ1v) is 6.64. The van der Waals surface area contributed by atoms with Crippen molar-refractivity contribution in [1.29, 1.82) is 5.26 Å². The van der Waals surface area contributed by atoms with Gasteiger partial charge in [-0.25, -0.2) is 0 Å². The molecule has 1 aliphatic heterocycles. The lowest BCUT2D eigenvalue weighted by Gasteiger charge is -2.34. The molecular weight excluding hydrogens is 240 g/mol. The molecule has 1 aromatic carbocycles. The second-order valence-electron chi connectivity index (χ2n) is 5.12. The van der Waals surface area contributed by atoms with Gasteiger partial charge in [-0.2, -0.15) is 5.26 Å². The van der Waals surface area contributed by atoms with Crippen LogP contribution in [0, 0.1) is 11.3 Å². The minimum atomic E-state index is 0.0284. The second-order valence-corrected chi connectivity index (χ2v) is 5.12. The molecule has 0 spiro atoms. The molecule has 1 fully saturated rings. The summed E-state index contributed by atoms with van der Waals surface area (Å²) in [6, 6.07) is 9.81. The maximum Gasteiger partial charge on any atom is 0.174 e. The third-order valence-corrected chi connectivity index (χ3v) is 3.41. The smallest absolute Gasteiger partial charge is 0.174 e. The zero-order valence-corrected chi connectivity index (χ0v) is 11.3. The lowest BCUT2D eigenvalue weighted by Crippen LogP contribution is -2.48. The predicted molar refractivity (Wildman–Crippen MR) is 72.8 cm³/mol. The standard InChI is InChI=1S/C15H20N2O2/c1-15(7-4-9-18-12-15)17-11-13-5-2-3-6-14(13)19-10-8-16/h2-3,5-6,17H,4,7,9-12H2,1H3. The molecule has 0 aromatic heterocycles. The average Bonchev–Trinajstić information content (AvgIpc) is 2.45. The first kappa shape index (κ1) is 13.9. The van der Waals surface area contributed by atoms with Gasteiger partial charge >= 0.3 is 0 Å². The van der Waals surface area contributed by atoms with E-state index in [1.165, 1.54) is 0 Å². The Bertz CT molecular complexity index is 448. The lowest BCUT2D eigenvalue weighted by molar-refractivity contribution is 0.0277. The summed E-state index contributed by atoms with van der Waals surface area (Å²) < 4.78 is 11.0. The fraction of sp³-hybridized carbons (Fsp3) is 0.533. The molecule has 1 aliphatic rings. The van der Waals surface area contributed by atoms with Crippen molar-refractivity contribution >= 4 is 0 Å². The Morgan fingerprint density at radius 1 is 1.47 bits per heavy atom. The van der Waals surface area contributed by atoms with E-state index in [4.69, 9.17) is 14.7 Å². The Hall–Kier alpha value is -1.57. The van der Waals surface area contributed by atoms with Gasteiger partial charge < -0.3 is 14.8 Å². The summed E-state index contributed by atoms with van der Waals surface area (Å²) in [6.07, 6.45) is 2.21. The SMILES string of the molecule is CC1(NCc2ccccc2OCC#N)CCCOC1. The summed E-state index contributed by atoms with van der Waals surface area (Å²) in [7, 11) is 0. The van der Waals surface area contributed by atoms with Gasteiger partial charge in [0.1, 0.15) is 11.8 Å². The summed E-state index contributed by atoms with van der Waals surface area (Å²) in [5.74, 6) is 0.775. The van der Waals surface area contributed by atoms with Crippen LogP contribution in [0.1, 0.15) is 25.3 Å². The van der Waals surface area contributed by atoms with E-state index in [2.05, 4.69) is 12.2 Å². The Labute approximate surface area is 114 Å². The van der Waals surface area contributed by atoms with Crippen molar-refractivity contribution in [3.63, 3.8) is 0 Å². The van der Waals surface area contributed by atoms with Crippen molar-refractivity contribution in [3.05, 3.63) is 29.8 Å². The molecular formula is C15H20N2O2. The highest BCUT2D eigenvalue weighted by atomic mass is 16.5. The number of benzene rings is 1. The topological polar surface area (TPSA) is 54.3 Å². The molecule has 0 bridgehead atoms. The minimum absolute atomic E-state index is 0.0284. The molecule has 1 saturated heterocycles. The third kappa shape index (κ3) is 3.95. The van der Waals surface area contributed by atoms with E-state index in [0.29, 0.717) is 0 Å². The van der Waals surface area contributed by atoms with Crippen LogP contribution in [0.4, 0.5) is 0 Å². The third-order valence-electron chi connectivity index (χ3n) is 3.41. The Morgan fingerprint density at radius 3 is 3.05 bits per heavy atom. The highest BCUT2D eigenvalue weighted by molar-refractivity contribution is 5.33. The van der Waals surface area contributed by atoms with Gasteiger partial charge in [-0.1, -0.05) is 18.2 Å². The van der Waals surface area contributed by atoms with Gasteiger partial charge in [0.2, 0.25) is 0 Å². The van der Waals surface area contributed by atoms with Gasteiger partial charge in [0.15, 0.2) is 6.61 Å². The van der Waals surface area contributed by atoms with Crippen LogP contribution in [0.15, 0.2) is 24.3 Å². The van der Waals surface area contributed by atoms with Crippen molar-refractivity contribution < 1.29 is 9.47 Å². The van der Waals surface area contributed by atoms with Gasteiger partial charge in [0, 0.05) is 24.3 Å². The summed E-state index contributed by atoms with van der Waals surface area (Å²) >= 11 is 0. The van der Waals surface area contributed by atoms with Crippen LogP contribution < -0.4 is 10.1 Å². The second kappa shape index (κ2) is 6.55. The van der Waals surface area contributed by atoms with Gasteiger partial charge in [-0.15, -0.1) is 0 Å². The fourth-order valence-electron chi connectivity index (χ4n) is 2.28. The highest BCUT2D eigenvalue weighted by Crippen LogP contribution is 2.22. The molecule has 4 nitrogen and oxygen atoms in total. The molecule has 102 valence electrons. The van der Waals surface area contributed by atoms with Gasteiger partial charge in [-0.3, -0.25) is 0 Å². The highest BCUT2D eigenvalue weighted by Gasteiger charge is 2.26. The predicted octanol–water partition coefficient (Wildman–Crippen LogP) is 2.25. The molecule has 2 rings (SSSR count). The van der Waals surface area contributed by atoms with Crippen LogP contribution >= 0.6 is 0 Å². The average molecular weight is 260 g/mol. The summed E-state index contributed by atoms with van der Waals surface area (Å²) in [5, 5.41) is 12.1. The van der Waals surface area contributed by atoms with E-state index in [0.717, 1.165) is 43.9 Å². The zero-order valence-electron chi connectivity index (χ0n) is 11.3. The molecule has 1 atom stereocenters. The molecule has 1 N–H and O–H groups in total. The van der Waals surface area contributed by atoms with Gasteiger partial charge in [0.05, 0.1) is 6.61 Å². The molecule has 1 heterocycles. The van der Waals surface area contributed by atoms with Crippen molar-refractivity contribution in [2.24, 2.45) is 0 Å². The Balaban J connectivity index is 1.96. The number of ether oxygens (including phenoxy) is 2. The molecule has 4 heteroatoms. The van der Waals surface area contributed by atoms with E-state index in [1.807, 2.05) is 30.3 Å². The Morgan fingerprint density at radius 2 is 2.32 bits per heavy atom. The summed E-state index contributed by atoms with van der Waals surface area (Å²) in [5.41, 5.74) is 1.10. The molecule has 0 radical (unpaired) electrons. The number of nitrogens with one attached hydrogen (secondary N) is 1. The first-order chi connectivity index (χ1) is 9.23. The monoisotopic (exact) mass is 260 g/mol. The number of nitriles is 1. The van der Waals surface area contributed by atoms with Gasteiger partial charge in [-0.05, 0) is 25.8 Å².